The summed E-state index contributed by atoms with van der Waals surface area (Å²) < 4.78 is 2.17. The molecule has 1 heterocycles. The van der Waals surface area contributed by atoms with E-state index in [4.69, 9.17) is 0 Å². The Kier molecular flexibility index (Phi) is 2.67. The van der Waals surface area contributed by atoms with E-state index in [-0.39, 0.29) is 0 Å². The standard InChI is InChI=1S/C17H18N2/c1-11-6-5-7-16-17(11)18-10-19(16)15-8-12(2)14(4)13(3)9-15/h5-10H,1-4H3. The van der Waals surface area contributed by atoms with E-state index >= 15 is 0 Å². The second kappa shape index (κ2) is 4.23. The van der Waals surface area contributed by atoms with Gasteiger partial charge in [0.15, 0.2) is 0 Å². The molecule has 2 heteroatoms. The summed E-state index contributed by atoms with van der Waals surface area (Å²) in [7, 11) is 0. The Hall–Kier alpha value is -2.09. The summed E-state index contributed by atoms with van der Waals surface area (Å²) in [4.78, 5) is 4.54. The van der Waals surface area contributed by atoms with Crippen molar-refractivity contribution in [3.05, 3.63) is 58.9 Å². The van der Waals surface area contributed by atoms with Gasteiger partial charge < -0.3 is 0 Å². The molecular formula is C17H18N2. The first-order chi connectivity index (χ1) is 9.08. The molecule has 0 bridgehead atoms. The molecule has 0 unspecified atom stereocenters. The molecule has 0 aliphatic rings. The quantitative estimate of drug-likeness (QED) is 0.631. The minimum absolute atomic E-state index is 1.08. The largest absolute Gasteiger partial charge is 0.299 e. The first-order valence-corrected chi connectivity index (χ1v) is 6.59. The molecule has 0 saturated carbocycles. The van der Waals surface area contributed by atoms with Crippen molar-refractivity contribution in [2.45, 2.75) is 27.7 Å². The number of hydrogen-bond acceptors (Lipinski definition) is 1. The van der Waals surface area contributed by atoms with Crippen LogP contribution in [-0.2, 0) is 0 Å². The van der Waals surface area contributed by atoms with Gasteiger partial charge in [-0.1, -0.05) is 12.1 Å². The molecule has 0 aliphatic heterocycles. The summed E-state index contributed by atoms with van der Waals surface area (Å²) in [6, 6.07) is 10.8. The lowest BCUT2D eigenvalue weighted by molar-refractivity contribution is 1.07. The first kappa shape index (κ1) is 12.0. The van der Waals surface area contributed by atoms with Crippen LogP contribution in [0.15, 0.2) is 36.7 Å². The highest BCUT2D eigenvalue weighted by Gasteiger charge is 2.08. The highest BCUT2D eigenvalue weighted by atomic mass is 15.0. The highest BCUT2D eigenvalue weighted by Crippen LogP contribution is 2.23. The Morgan fingerprint density at radius 2 is 1.58 bits per heavy atom. The smallest absolute Gasteiger partial charge is 0.100 e. The fraction of sp³-hybridized carbons (Fsp3) is 0.235. The third-order valence-electron chi connectivity index (χ3n) is 3.97. The number of rotatable bonds is 1. The van der Waals surface area contributed by atoms with Crippen LogP contribution in [0.25, 0.3) is 16.7 Å². The molecule has 0 spiro atoms. The van der Waals surface area contributed by atoms with Crippen LogP contribution < -0.4 is 0 Å². The molecule has 0 N–H and O–H groups in total. The van der Waals surface area contributed by atoms with E-state index in [0.717, 1.165) is 5.52 Å². The number of benzene rings is 2. The second-order valence-electron chi connectivity index (χ2n) is 5.26. The van der Waals surface area contributed by atoms with E-state index in [0.29, 0.717) is 0 Å². The molecule has 3 rings (SSSR count). The first-order valence-electron chi connectivity index (χ1n) is 6.59. The molecule has 3 aromatic rings. The predicted octanol–water partition coefficient (Wildman–Crippen LogP) is 4.26. The van der Waals surface area contributed by atoms with E-state index in [1.807, 2.05) is 6.33 Å². The van der Waals surface area contributed by atoms with Gasteiger partial charge in [0.25, 0.3) is 0 Å². The SMILES string of the molecule is Cc1cc(-n2cnc3c(C)cccc32)cc(C)c1C. The van der Waals surface area contributed by atoms with Crippen LogP contribution >= 0.6 is 0 Å². The van der Waals surface area contributed by atoms with Gasteiger partial charge in [0.2, 0.25) is 0 Å². The second-order valence-corrected chi connectivity index (χ2v) is 5.26. The molecule has 0 atom stereocenters. The van der Waals surface area contributed by atoms with Crippen molar-refractivity contribution in [3.63, 3.8) is 0 Å². The lowest BCUT2D eigenvalue weighted by Gasteiger charge is -2.10. The number of hydrogen-bond donors (Lipinski definition) is 0. The molecule has 2 nitrogen and oxygen atoms in total. The number of nitrogens with zero attached hydrogens (tertiary/aromatic N) is 2. The van der Waals surface area contributed by atoms with E-state index in [1.165, 1.54) is 33.5 Å². The van der Waals surface area contributed by atoms with E-state index < -0.39 is 0 Å². The zero-order chi connectivity index (χ0) is 13.6. The van der Waals surface area contributed by atoms with Crippen LogP contribution in [-0.4, -0.2) is 9.55 Å². The van der Waals surface area contributed by atoms with E-state index in [2.05, 4.69) is 67.6 Å². The molecule has 0 aliphatic carbocycles. The predicted molar refractivity (Wildman–Crippen MR) is 80.0 cm³/mol. The topological polar surface area (TPSA) is 17.8 Å². The summed E-state index contributed by atoms with van der Waals surface area (Å²) >= 11 is 0. The van der Waals surface area contributed by atoms with Crippen molar-refractivity contribution < 1.29 is 0 Å². The van der Waals surface area contributed by atoms with Gasteiger partial charge in [0.05, 0.1) is 11.0 Å². The number of para-hydroxylation sites is 1. The molecule has 0 amide bonds. The summed E-state index contributed by atoms with van der Waals surface area (Å²) in [5, 5.41) is 0. The highest BCUT2D eigenvalue weighted by molar-refractivity contribution is 5.80. The fourth-order valence-corrected chi connectivity index (χ4v) is 2.54. The van der Waals surface area contributed by atoms with Crippen LogP contribution in [0.2, 0.25) is 0 Å². The molecule has 0 fully saturated rings. The summed E-state index contributed by atoms with van der Waals surface area (Å²) in [6.07, 6.45) is 1.92. The van der Waals surface area contributed by atoms with Gasteiger partial charge in [-0.05, 0) is 68.1 Å². The minimum atomic E-state index is 1.08. The summed E-state index contributed by atoms with van der Waals surface area (Å²) in [5.74, 6) is 0. The Bertz CT molecular complexity index is 743. The monoisotopic (exact) mass is 250 g/mol. The molecule has 0 saturated heterocycles. The van der Waals surface area contributed by atoms with Crippen molar-refractivity contribution in [1.29, 1.82) is 0 Å². The maximum atomic E-state index is 4.54. The Labute approximate surface area is 113 Å². The van der Waals surface area contributed by atoms with Gasteiger partial charge in [-0.25, -0.2) is 4.98 Å². The summed E-state index contributed by atoms with van der Waals surface area (Å²) in [6.45, 7) is 8.60. The normalized spacial score (nSPS) is 11.2. The Morgan fingerprint density at radius 3 is 2.26 bits per heavy atom. The number of aryl methyl sites for hydroxylation is 3. The van der Waals surface area contributed by atoms with Gasteiger partial charge in [-0.2, -0.15) is 0 Å². The van der Waals surface area contributed by atoms with Crippen LogP contribution in [0.4, 0.5) is 0 Å². The van der Waals surface area contributed by atoms with Gasteiger partial charge in [0.1, 0.15) is 6.33 Å². The van der Waals surface area contributed by atoms with E-state index in [9.17, 15) is 0 Å². The number of aromatic nitrogens is 2. The van der Waals surface area contributed by atoms with Crippen LogP contribution in [0.3, 0.4) is 0 Å². The van der Waals surface area contributed by atoms with Crippen molar-refractivity contribution in [2.75, 3.05) is 0 Å². The van der Waals surface area contributed by atoms with Gasteiger partial charge in [0, 0.05) is 5.69 Å². The van der Waals surface area contributed by atoms with Crippen molar-refractivity contribution >= 4 is 11.0 Å². The van der Waals surface area contributed by atoms with Gasteiger partial charge >= 0.3 is 0 Å². The number of imidazole rings is 1. The van der Waals surface area contributed by atoms with E-state index in [1.54, 1.807) is 0 Å². The van der Waals surface area contributed by atoms with Crippen LogP contribution in [0.1, 0.15) is 22.3 Å². The average molecular weight is 250 g/mol. The molecule has 0 radical (unpaired) electrons. The minimum Gasteiger partial charge on any atom is -0.299 e. The Balaban J connectivity index is 2.28. The molecular weight excluding hydrogens is 232 g/mol. The van der Waals surface area contributed by atoms with Crippen molar-refractivity contribution in [1.82, 2.24) is 9.55 Å². The van der Waals surface area contributed by atoms with Crippen molar-refractivity contribution in [2.24, 2.45) is 0 Å². The van der Waals surface area contributed by atoms with Crippen LogP contribution in [0, 0.1) is 27.7 Å². The maximum Gasteiger partial charge on any atom is 0.100 e. The molecule has 96 valence electrons. The van der Waals surface area contributed by atoms with Gasteiger partial charge in [-0.3, -0.25) is 4.57 Å². The molecule has 1 aromatic heterocycles. The molecule has 19 heavy (non-hydrogen) atoms. The third-order valence-corrected chi connectivity index (χ3v) is 3.97. The maximum absolute atomic E-state index is 4.54. The zero-order valence-electron chi connectivity index (χ0n) is 11.9. The third kappa shape index (κ3) is 1.84. The fourth-order valence-electron chi connectivity index (χ4n) is 2.54. The lowest BCUT2D eigenvalue weighted by atomic mass is 10.0. The Morgan fingerprint density at radius 1 is 0.895 bits per heavy atom. The lowest BCUT2D eigenvalue weighted by Crippen LogP contribution is -1.96. The van der Waals surface area contributed by atoms with Crippen LogP contribution in [0.5, 0.6) is 0 Å². The van der Waals surface area contributed by atoms with Crippen molar-refractivity contribution in [3.8, 4) is 5.69 Å². The zero-order valence-corrected chi connectivity index (χ0v) is 11.9. The number of fused-ring (bicyclic) bond motifs is 1. The molecule has 2 aromatic carbocycles. The van der Waals surface area contributed by atoms with Gasteiger partial charge in [-0.15, -0.1) is 0 Å². The summed E-state index contributed by atoms with van der Waals surface area (Å²) in [5.41, 5.74) is 8.67. The average Bonchev–Trinajstić information content (AvgIpc) is 2.80.